The number of aliphatic carboxylic acids is 1. The van der Waals surface area contributed by atoms with Crippen LogP contribution in [0.5, 0.6) is 0 Å². The summed E-state index contributed by atoms with van der Waals surface area (Å²) in [6.07, 6.45) is 52.7. The lowest BCUT2D eigenvalue weighted by atomic mass is 9.98. The van der Waals surface area contributed by atoms with Crippen LogP contribution in [0.4, 0.5) is 0 Å². The molecule has 75 heavy (non-hydrogen) atoms. The van der Waals surface area contributed by atoms with E-state index in [-0.39, 0.29) is 25.9 Å². The van der Waals surface area contributed by atoms with Crippen molar-refractivity contribution in [2.75, 3.05) is 13.2 Å². The van der Waals surface area contributed by atoms with Crippen LogP contribution in [0.3, 0.4) is 0 Å². The van der Waals surface area contributed by atoms with Gasteiger partial charge in [0.1, 0.15) is 18.8 Å². The van der Waals surface area contributed by atoms with Crippen molar-refractivity contribution in [3.63, 3.8) is 0 Å². The monoisotopic (exact) mass is 1050 g/mol. The molecule has 6 atom stereocenters. The number of carboxylic acids is 1. The highest BCUT2D eigenvalue weighted by atomic mass is 16.7. The maximum Gasteiger partial charge on any atom is 0.335 e. The maximum atomic E-state index is 13.1. The zero-order valence-electron chi connectivity index (χ0n) is 47.0. The Bertz CT molecular complexity index is 1630. The van der Waals surface area contributed by atoms with Crippen molar-refractivity contribution < 1.29 is 58.2 Å². The number of carbonyl (C=O) groups is 4. The van der Waals surface area contributed by atoms with Gasteiger partial charge in [-0.1, -0.05) is 215 Å². The molecule has 0 aromatic carbocycles. The Kier molecular flexibility index (Phi) is 46.6. The van der Waals surface area contributed by atoms with Crippen molar-refractivity contribution >= 4 is 23.9 Å². The van der Waals surface area contributed by atoms with Crippen molar-refractivity contribution in [1.29, 1.82) is 0 Å². The first kappa shape index (κ1) is 68.9. The van der Waals surface area contributed by atoms with Gasteiger partial charge in [0, 0.05) is 19.3 Å². The molecule has 0 bridgehead atoms. The Morgan fingerprint density at radius 3 is 1.29 bits per heavy atom. The minimum atomic E-state index is -1.91. The molecule has 1 fully saturated rings. The third-order valence-electron chi connectivity index (χ3n) is 13.0. The highest BCUT2D eigenvalue weighted by molar-refractivity contribution is 5.74. The number of allylic oxidation sites excluding steroid dienone is 14. The van der Waals surface area contributed by atoms with Crippen molar-refractivity contribution in [2.45, 2.75) is 276 Å². The van der Waals surface area contributed by atoms with Crippen LogP contribution in [-0.4, -0.2) is 89.2 Å². The van der Waals surface area contributed by atoms with Gasteiger partial charge in [0.2, 0.25) is 0 Å². The van der Waals surface area contributed by atoms with Crippen LogP contribution in [0.2, 0.25) is 0 Å². The van der Waals surface area contributed by atoms with E-state index < -0.39 is 67.3 Å². The van der Waals surface area contributed by atoms with Crippen LogP contribution in [-0.2, 0) is 42.9 Å². The summed E-state index contributed by atoms with van der Waals surface area (Å²) in [4.78, 5) is 51.1. The van der Waals surface area contributed by atoms with Crippen LogP contribution in [0, 0.1) is 0 Å². The van der Waals surface area contributed by atoms with Crippen LogP contribution in [0.15, 0.2) is 85.1 Å². The average Bonchev–Trinajstić information content (AvgIpc) is 3.39. The SMILES string of the molecule is CC/C=C\C/C=C\C/C=C\C/C=C\CCCCCCCCC(=O)OC1C(OCC(COC(=O)CCCCC/C=C\C/C=C\C/C=C\CC)OC(=O)CCCCCCCCCCCCCCC)OC(C(=O)O)C(O)C1O. The molecule has 1 rings (SSSR count). The second-order valence-corrected chi connectivity index (χ2v) is 19.9. The predicted molar refractivity (Wildman–Crippen MR) is 303 cm³/mol. The summed E-state index contributed by atoms with van der Waals surface area (Å²) >= 11 is 0. The standard InChI is InChI=1S/C63H104O12/c1-4-7-10-13-16-19-22-25-26-27-28-29-30-33-36-39-42-45-48-51-57(66)74-61-59(68)58(67)60(62(69)70)75-63(61)72-53-54(73-56(65)50-47-44-41-38-35-32-24-21-18-15-12-9-6-3)52-71-55(64)49-46-43-40-37-34-31-23-20-17-14-11-8-5-2/h7-8,10-11,16-17,19-20,25-26,28-29,31,34,54,58-61,63,67-68H,4-6,9,12-15,18,21-24,27,30,32-33,35-53H2,1-3H3,(H,69,70)/b10-7-,11-8-,19-16-,20-17-,26-25-,29-28-,34-31-. The van der Waals surface area contributed by atoms with Gasteiger partial charge in [-0.3, -0.25) is 14.4 Å². The molecule has 12 nitrogen and oxygen atoms in total. The van der Waals surface area contributed by atoms with E-state index in [0.717, 1.165) is 122 Å². The van der Waals surface area contributed by atoms with E-state index in [1.54, 1.807) is 0 Å². The first-order valence-corrected chi connectivity index (χ1v) is 29.6. The molecule has 1 saturated heterocycles. The molecule has 0 saturated carbocycles. The van der Waals surface area contributed by atoms with E-state index >= 15 is 0 Å². The first-order chi connectivity index (χ1) is 36.6. The van der Waals surface area contributed by atoms with Crippen molar-refractivity contribution in [3.8, 4) is 0 Å². The predicted octanol–water partition coefficient (Wildman–Crippen LogP) is 15.1. The fraction of sp³-hybridized carbons (Fsp3) is 0.714. The minimum absolute atomic E-state index is 0.0391. The number of ether oxygens (including phenoxy) is 5. The van der Waals surface area contributed by atoms with E-state index in [0.29, 0.717) is 19.3 Å². The molecule has 0 aliphatic carbocycles. The number of hydrogen-bond donors (Lipinski definition) is 3. The summed E-state index contributed by atoms with van der Waals surface area (Å²) in [6.45, 7) is 5.73. The minimum Gasteiger partial charge on any atom is -0.479 e. The fourth-order valence-electron chi connectivity index (χ4n) is 8.49. The Hall–Kier alpha value is -4.10. The summed E-state index contributed by atoms with van der Waals surface area (Å²) in [6, 6.07) is 0. The zero-order chi connectivity index (χ0) is 54.7. The fourth-order valence-corrected chi connectivity index (χ4v) is 8.49. The molecule has 12 heteroatoms. The van der Waals surface area contributed by atoms with Gasteiger partial charge in [-0.25, -0.2) is 4.79 Å². The Morgan fingerprint density at radius 2 is 0.840 bits per heavy atom. The molecule has 0 radical (unpaired) electrons. The normalized spacial score (nSPS) is 18.8. The topological polar surface area (TPSA) is 175 Å². The second kappa shape index (κ2) is 50.7. The Balaban J connectivity index is 2.69. The number of aliphatic hydroxyl groups excluding tert-OH is 2. The van der Waals surface area contributed by atoms with Gasteiger partial charge >= 0.3 is 23.9 Å². The zero-order valence-corrected chi connectivity index (χ0v) is 47.0. The molecular weight excluding hydrogens is 949 g/mol. The third kappa shape index (κ3) is 40.8. The lowest BCUT2D eigenvalue weighted by molar-refractivity contribution is -0.301. The Morgan fingerprint density at radius 1 is 0.453 bits per heavy atom. The van der Waals surface area contributed by atoms with Gasteiger partial charge in [0.25, 0.3) is 0 Å². The largest absolute Gasteiger partial charge is 0.479 e. The third-order valence-corrected chi connectivity index (χ3v) is 13.0. The van der Waals surface area contributed by atoms with Crippen LogP contribution >= 0.6 is 0 Å². The number of aliphatic hydroxyl groups is 2. The maximum absolute atomic E-state index is 13.1. The molecule has 6 unspecified atom stereocenters. The molecule has 3 N–H and O–H groups in total. The smallest absolute Gasteiger partial charge is 0.335 e. The summed E-state index contributed by atoms with van der Waals surface area (Å²) in [5, 5.41) is 31.5. The quantitative estimate of drug-likeness (QED) is 0.0228. The van der Waals surface area contributed by atoms with Gasteiger partial charge in [0.05, 0.1) is 6.61 Å². The van der Waals surface area contributed by atoms with Crippen molar-refractivity contribution in [2.24, 2.45) is 0 Å². The van der Waals surface area contributed by atoms with Gasteiger partial charge in [-0.05, 0) is 89.9 Å². The van der Waals surface area contributed by atoms with E-state index in [1.807, 2.05) is 0 Å². The summed E-state index contributed by atoms with van der Waals surface area (Å²) in [5.41, 5.74) is 0. The number of esters is 3. The Labute approximate surface area is 454 Å². The molecule has 0 spiro atoms. The van der Waals surface area contributed by atoms with Gasteiger partial charge in [-0.2, -0.15) is 0 Å². The highest BCUT2D eigenvalue weighted by Crippen LogP contribution is 2.26. The second-order valence-electron chi connectivity index (χ2n) is 19.9. The summed E-state index contributed by atoms with van der Waals surface area (Å²) in [7, 11) is 0. The number of rotatable bonds is 49. The van der Waals surface area contributed by atoms with Gasteiger partial charge in [0.15, 0.2) is 24.6 Å². The van der Waals surface area contributed by atoms with E-state index in [2.05, 4.69) is 106 Å². The highest BCUT2D eigenvalue weighted by Gasteiger charge is 2.50. The lowest BCUT2D eigenvalue weighted by Gasteiger charge is -2.40. The molecule has 0 aromatic rings. The number of carbonyl (C=O) groups excluding carboxylic acids is 3. The van der Waals surface area contributed by atoms with E-state index in [4.69, 9.17) is 23.7 Å². The molecule has 0 aromatic heterocycles. The van der Waals surface area contributed by atoms with E-state index in [1.165, 1.54) is 57.8 Å². The van der Waals surface area contributed by atoms with E-state index in [9.17, 15) is 34.5 Å². The molecule has 1 heterocycles. The lowest BCUT2D eigenvalue weighted by Crippen LogP contribution is -2.61. The molecule has 428 valence electrons. The summed E-state index contributed by atoms with van der Waals surface area (Å²) < 4.78 is 28.4. The number of unbranched alkanes of at least 4 members (excludes halogenated alkanes) is 21. The first-order valence-electron chi connectivity index (χ1n) is 29.6. The molecule has 0 amide bonds. The molecular formula is C63H104O12. The average molecular weight is 1050 g/mol. The number of carboxylic acid groups (broad SMARTS) is 1. The van der Waals surface area contributed by atoms with Crippen LogP contribution < -0.4 is 0 Å². The van der Waals surface area contributed by atoms with Gasteiger partial charge in [-0.15, -0.1) is 0 Å². The van der Waals surface area contributed by atoms with Crippen LogP contribution in [0.1, 0.15) is 239 Å². The molecule has 1 aliphatic rings. The van der Waals surface area contributed by atoms with Gasteiger partial charge < -0.3 is 39.0 Å². The van der Waals surface area contributed by atoms with Crippen LogP contribution in [0.25, 0.3) is 0 Å². The molecule has 1 aliphatic heterocycles. The van der Waals surface area contributed by atoms with Crippen molar-refractivity contribution in [1.82, 2.24) is 0 Å². The summed E-state index contributed by atoms with van der Waals surface area (Å²) in [5.74, 6) is -3.17. The van der Waals surface area contributed by atoms with Crippen molar-refractivity contribution in [3.05, 3.63) is 85.1 Å². The number of hydrogen-bond acceptors (Lipinski definition) is 11.